The first-order valence-electron chi connectivity index (χ1n) is 8.09. The fraction of sp³-hybridized carbons (Fsp3) is 0.562. The fourth-order valence-electron chi connectivity index (χ4n) is 3.67. The summed E-state index contributed by atoms with van der Waals surface area (Å²) in [6.07, 6.45) is -0.241. The van der Waals surface area contributed by atoms with Gasteiger partial charge in [0.25, 0.3) is 0 Å². The van der Waals surface area contributed by atoms with E-state index in [4.69, 9.17) is 5.11 Å². The number of sulfone groups is 1. The minimum absolute atomic E-state index is 0.0492. The Kier molecular flexibility index (Phi) is 5.08. The molecule has 2 aliphatic heterocycles. The lowest BCUT2D eigenvalue weighted by Gasteiger charge is -2.43. The van der Waals surface area contributed by atoms with Crippen LogP contribution in [0.15, 0.2) is 18.2 Å². The number of aliphatic hydroxyl groups excluding tert-OH is 1. The summed E-state index contributed by atoms with van der Waals surface area (Å²) in [5.41, 5.74) is 0.0848. The molecule has 2 saturated heterocycles. The van der Waals surface area contributed by atoms with Crippen LogP contribution in [0.2, 0.25) is 0 Å². The summed E-state index contributed by atoms with van der Waals surface area (Å²) in [6, 6.07) is 2.19. The Bertz CT molecular complexity index is 771. The molecule has 0 spiro atoms. The van der Waals surface area contributed by atoms with Crippen molar-refractivity contribution in [2.24, 2.45) is 0 Å². The van der Waals surface area contributed by atoms with Crippen molar-refractivity contribution in [1.29, 1.82) is 0 Å². The number of β-amino-alcohol motifs (C(OH)–C–C–N with tert-alkyl or cyclic N) is 1. The maximum atomic E-state index is 13.8. The second kappa shape index (κ2) is 6.97. The first-order chi connectivity index (χ1) is 11.8. The molecule has 25 heavy (non-hydrogen) atoms. The number of piperazine rings is 1. The molecule has 3 rings (SSSR count). The highest BCUT2D eigenvalue weighted by atomic mass is 32.2. The number of hydrogen-bond acceptors (Lipinski definition) is 5. The topological polar surface area (TPSA) is 77.9 Å². The van der Waals surface area contributed by atoms with Gasteiger partial charge in [-0.3, -0.25) is 9.69 Å². The minimum Gasteiger partial charge on any atom is -0.395 e. The van der Waals surface area contributed by atoms with Crippen molar-refractivity contribution < 1.29 is 27.1 Å². The van der Waals surface area contributed by atoms with Crippen molar-refractivity contribution in [3.63, 3.8) is 0 Å². The lowest BCUT2D eigenvalue weighted by atomic mass is 10.0. The molecule has 6 nitrogen and oxygen atoms in total. The predicted molar refractivity (Wildman–Crippen MR) is 86.7 cm³/mol. The molecule has 9 heteroatoms. The molecule has 2 aliphatic rings. The average Bonchev–Trinajstić information content (AvgIpc) is 2.86. The quantitative estimate of drug-likeness (QED) is 0.791. The first-order valence-corrected chi connectivity index (χ1v) is 9.91. The highest BCUT2D eigenvalue weighted by Gasteiger charge is 2.47. The molecular weight excluding hydrogens is 354 g/mol. The molecule has 1 aromatic rings. The van der Waals surface area contributed by atoms with Crippen molar-refractivity contribution >= 4 is 15.7 Å². The summed E-state index contributed by atoms with van der Waals surface area (Å²) >= 11 is 0. The molecular formula is C16H20F2N2O4S. The molecule has 1 N–H and O–H groups in total. The van der Waals surface area contributed by atoms with Crippen LogP contribution in [0.25, 0.3) is 0 Å². The van der Waals surface area contributed by atoms with Gasteiger partial charge in [-0.05, 0) is 11.6 Å². The molecule has 0 aromatic heterocycles. The van der Waals surface area contributed by atoms with Gasteiger partial charge in [-0.2, -0.15) is 0 Å². The van der Waals surface area contributed by atoms with Gasteiger partial charge in [-0.1, -0.05) is 6.07 Å². The van der Waals surface area contributed by atoms with Gasteiger partial charge in [0, 0.05) is 31.7 Å². The third-order valence-corrected chi connectivity index (χ3v) is 6.55. The number of carbonyl (C=O) groups is 1. The Morgan fingerprint density at radius 2 is 1.92 bits per heavy atom. The largest absolute Gasteiger partial charge is 0.395 e. The number of benzene rings is 1. The molecule has 2 heterocycles. The van der Waals surface area contributed by atoms with Crippen LogP contribution >= 0.6 is 0 Å². The summed E-state index contributed by atoms with van der Waals surface area (Å²) in [5, 5.41) is 9.15. The predicted octanol–water partition coefficient (Wildman–Crippen LogP) is -0.191. The molecule has 1 amide bonds. The fourth-order valence-corrected chi connectivity index (χ4v) is 5.68. The number of carbonyl (C=O) groups excluding carboxylic acids is 1. The number of amides is 1. The number of fused-ring (bicyclic) bond motifs is 1. The molecule has 0 unspecified atom stereocenters. The Labute approximate surface area is 145 Å². The van der Waals surface area contributed by atoms with Crippen LogP contribution < -0.4 is 0 Å². The van der Waals surface area contributed by atoms with Crippen LogP contribution in [0.3, 0.4) is 0 Å². The second-order valence-corrected chi connectivity index (χ2v) is 8.62. The van der Waals surface area contributed by atoms with Crippen LogP contribution in [0.1, 0.15) is 5.56 Å². The van der Waals surface area contributed by atoms with Crippen LogP contribution in [0, 0.1) is 11.6 Å². The zero-order valence-electron chi connectivity index (χ0n) is 13.6. The van der Waals surface area contributed by atoms with Crippen LogP contribution in [-0.4, -0.2) is 79.1 Å². The van der Waals surface area contributed by atoms with Gasteiger partial charge in [0.1, 0.15) is 11.6 Å². The third kappa shape index (κ3) is 3.83. The molecule has 1 aromatic carbocycles. The van der Waals surface area contributed by atoms with Gasteiger partial charge in [-0.15, -0.1) is 0 Å². The van der Waals surface area contributed by atoms with Gasteiger partial charge in [0.05, 0.1) is 30.6 Å². The Hall–Kier alpha value is -1.58. The standard InChI is InChI=1S/C16H20F2N2O4S/c17-12-2-1-11(13(18)8-12)7-16(22)20-4-3-19(5-6-21)14-9-25(23,24)10-15(14)20/h1-2,8,14-15,21H,3-7,9-10H2/t14-,15+/m1/s1. The summed E-state index contributed by atoms with van der Waals surface area (Å²) in [6.45, 7) is 1.04. The molecule has 2 fully saturated rings. The summed E-state index contributed by atoms with van der Waals surface area (Å²) < 4.78 is 50.8. The third-order valence-electron chi connectivity index (χ3n) is 4.86. The van der Waals surface area contributed by atoms with E-state index in [0.29, 0.717) is 19.6 Å². The van der Waals surface area contributed by atoms with E-state index in [1.807, 2.05) is 4.90 Å². The molecule has 0 bridgehead atoms. The van der Waals surface area contributed by atoms with Crippen molar-refractivity contribution in [1.82, 2.24) is 9.80 Å². The normalized spacial score (nSPS) is 25.8. The molecule has 0 saturated carbocycles. The summed E-state index contributed by atoms with van der Waals surface area (Å²) in [7, 11) is -3.27. The minimum atomic E-state index is -3.27. The van der Waals surface area contributed by atoms with Crippen molar-refractivity contribution in [2.75, 3.05) is 37.7 Å². The number of aliphatic hydroxyl groups is 1. The van der Waals surface area contributed by atoms with Crippen molar-refractivity contribution in [3.8, 4) is 0 Å². The van der Waals surface area contributed by atoms with E-state index in [9.17, 15) is 22.0 Å². The van der Waals surface area contributed by atoms with Crippen molar-refractivity contribution in [2.45, 2.75) is 18.5 Å². The lowest BCUT2D eigenvalue weighted by molar-refractivity contribution is -0.136. The van der Waals surface area contributed by atoms with Gasteiger partial charge in [0.15, 0.2) is 9.84 Å². The highest BCUT2D eigenvalue weighted by Crippen LogP contribution is 2.27. The summed E-state index contributed by atoms with van der Waals surface area (Å²) in [5.74, 6) is -2.05. The Balaban J connectivity index is 1.78. The number of rotatable bonds is 4. The zero-order chi connectivity index (χ0) is 18.2. The molecule has 0 radical (unpaired) electrons. The van der Waals surface area contributed by atoms with Gasteiger partial charge >= 0.3 is 0 Å². The van der Waals surface area contributed by atoms with E-state index in [1.165, 1.54) is 11.0 Å². The maximum absolute atomic E-state index is 13.8. The van der Waals surface area contributed by atoms with Crippen LogP contribution in [0.5, 0.6) is 0 Å². The smallest absolute Gasteiger partial charge is 0.227 e. The SMILES string of the molecule is O=C(Cc1ccc(F)cc1F)N1CCN(CCO)[C@@H]2CS(=O)(=O)C[C@@H]21. The average molecular weight is 374 g/mol. The second-order valence-electron chi connectivity index (χ2n) is 6.47. The number of nitrogens with zero attached hydrogens (tertiary/aromatic N) is 2. The van der Waals surface area contributed by atoms with Gasteiger partial charge in [0.2, 0.25) is 5.91 Å². The number of hydrogen-bond donors (Lipinski definition) is 1. The maximum Gasteiger partial charge on any atom is 0.227 e. The first kappa shape index (κ1) is 18.2. The number of halogens is 2. The van der Waals surface area contributed by atoms with Crippen LogP contribution in [-0.2, 0) is 21.1 Å². The van der Waals surface area contributed by atoms with E-state index < -0.39 is 27.5 Å². The summed E-state index contributed by atoms with van der Waals surface area (Å²) in [4.78, 5) is 16.0. The molecule has 138 valence electrons. The van der Waals surface area contributed by atoms with Crippen LogP contribution in [0.4, 0.5) is 8.78 Å². The monoisotopic (exact) mass is 374 g/mol. The van der Waals surface area contributed by atoms with Gasteiger partial charge < -0.3 is 10.0 Å². The molecule has 0 aliphatic carbocycles. The lowest BCUT2D eigenvalue weighted by Crippen LogP contribution is -2.61. The van der Waals surface area contributed by atoms with E-state index >= 15 is 0 Å². The van der Waals surface area contributed by atoms with Crippen molar-refractivity contribution in [3.05, 3.63) is 35.4 Å². The molecule has 2 atom stereocenters. The zero-order valence-corrected chi connectivity index (χ0v) is 14.4. The van der Waals surface area contributed by atoms with E-state index in [1.54, 1.807) is 0 Å². The van der Waals surface area contributed by atoms with E-state index in [-0.39, 0.29) is 42.0 Å². The Morgan fingerprint density at radius 1 is 1.20 bits per heavy atom. The Morgan fingerprint density at radius 3 is 2.60 bits per heavy atom. The van der Waals surface area contributed by atoms with E-state index in [2.05, 4.69) is 0 Å². The highest BCUT2D eigenvalue weighted by molar-refractivity contribution is 7.91. The van der Waals surface area contributed by atoms with E-state index in [0.717, 1.165) is 12.1 Å². The van der Waals surface area contributed by atoms with Gasteiger partial charge in [-0.25, -0.2) is 17.2 Å².